The highest BCUT2D eigenvalue weighted by atomic mass is 35.5. The van der Waals surface area contributed by atoms with Gasteiger partial charge < -0.3 is 15.0 Å². The van der Waals surface area contributed by atoms with Gasteiger partial charge in [0.2, 0.25) is 5.91 Å². The molecule has 2 aromatic rings. The monoisotopic (exact) mass is 414 g/mol. The highest BCUT2D eigenvalue weighted by Crippen LogP contribution is 2.27. The smallest absolute Gasteiger partial charge is 0.305 e. The molecule has 1 aliphatic heterocycles. The van der Waals surface area contributed by atoms with Gasteiger partial charge in [0, 0.05) is 25.9 Å². The van der Waals surface area contributed by atoms with Crippen LogP contribution in [0.2, 0.25) is 5.02 Å². The fourth-order valence-electron chi connectivity index (χ4n) is 3.42. The minimum Gasteiger partial charge on any atom is -0.469 e. The van der Waals surface area contributed by atoms with Gasteiger partial charge in [0.05, 0.1) is 17.7 Å². The first kappa shape index (κ1) is 20.9. The zero-order chi connectivity index (χ0) is 20.8. The summed E-state index contributed by atoms with van der Waals surface area (Å²) in [6, 6.07) is 14.0. The van der Waals surface area contributed by atoms with E-state index in [4.69, 9.17) is 11.6 Å². The number of carbonyl (C=O) groups excluding carboxylic acids is 3. The standard InChI is InChI=1S/C22H23ClN2O4/c1-29-20(26)11-6-12-24-21(27)19-13-15-7-2-3-8-16(15)14-25(19)22(28)17-9-4-5-10-18(17)23/h2-5,7-10,19H,6,11-14H2,1H3,(H,24,27). The van der Waals surface area contributed by atoms with Crippen molar-refractivity contribution in [3.05, 3.63) is 70.2 Å². The Morgan fingerprint density at radius 1 is 1.10 bits per heavy atom. The van der Waals surface area contributed by atoms with Crippen molar-refractivity contribution in [2.45, 2.75) is 31.8 Å². The van der Waals surface area contributed by atoms with Crippen LogP contribution in [0.5, 0.6) is 0 Å². The maximum absolute atomic E-state index is 13.2. The van der Waals surface area contributed by atoms with Crippen LogP contribution >= 0.6 is 11.6 Å². The fraction of sp³-hybridized carbons (Fsp3) is 0.318. The lowest BCUT2D eigenvalue weighted by atomic mass is 9.92. The molecule has 0 aliphatic carbocycles. The number of methoxy groups -OCH3 is 1. The molecular formula is C22H23ClN2O4. The molecule has 0 aromatic heterocycles. The summed E-state index contributed by atoms with van der Waals surface area (Å²) in [6.07, 6.45) is 1.13. The van der Waals surface area contributed by atoms with Crippen LogP contribution in [0.1, 0.15) is 34.3 Å². The number of amides is 2. The molecule has 7 heteroatoms. The number of ether oxygens (including phenoxy) is 1. The van der Waals surface area contributed by atoms with Crippen molar-refractivity contribution in [1.29, 1.82) is 0 Å². The third kappa shape index (κ3) is 4.95. The Labute approximate surface area is 174 Å². The second-order valence-electron chi connectivity index (χ2n) is 6.87. The summed E-state index contributed by atoms with van der Waals surface area (Å²) in [4.78, 5) is 38.9. The Morgan fingerprint density at radius 3 is 2.52 bits per heavy atom. The van der Waals surface area contributed by atoms with Gasteiger partial charge in [-0.25, -0.2) is 0 Å². The van der Waals surface area contributed by atoms with Crippen molar-refractivity contribution in [2.75, 3.05) is 13.7 Å². The van der Waals surface area contributed by atoms with Crippen LogP contribution in [0.4, 0.5) is 0 Å². The van der Waals surface area contributed by atoms with Crippen LogP contribution < -0.4 is 5.32 Å². The van der Waals surface area contributed by atoms with Gasteiger partial charge in [0.15, 0.2) is 0 Å². The molecule has 3 rings (SSSR count). The Hall–Kier alpha value is -2.86. The highest BCUT2D eigenvalue weighted by Gasteiger charge is 2.35. The van der Waals surface area contributed by atoms with E-state index in [1.165, 1.54) is 7.11 Å². The second-order valence-corrected chi connectivity index (χ2v) is 7.28. The number of nitrogens with zero attached hydrogens (tertiary/aromatic N) is 1. The molecule has 152 valence electrons. The average molecular weight is 415 g/mol. The maximum Gasteiger partial charge on any atom is 0.305 e. The minimum atomic E-state index is -0.646. The van der Waals surface area contributed by atoms with Gasteiger partial charge in [-0.05, 0) is 29.7 Å². The van der Waals surface area contributed by atoms with E-state index in [-0.39, 0.29) is 24.2 Å². The largest absolute Gasteiger partial charge is 0.469 e. The van der Waals surface area contributed by atoms with Crippen LogP contribution in [0.3, 0.4) is 0 Å². The molecule has 1 aliphatic rings. The van der Waals surface area contributed by atoms with E-state index >= 15 is 0 Å². The Morgan fingerprint density at radius 2 is 1.79 bits per heavy atom. The van der Waals surface area contributed by atoms with Gasteiger partial charge in [-0.3, -0.25) is 14.4 Å². The van der Waals surface area contributed by atoms with Crippen molar-refractivity contribution < 1.29 is 19.1 Å². The van der Waals surface area contributed by atoms with E-state index in [1.54, 1.807) is 29.2 Å². The molecule has 0 radical (unpaired) electrons. The van der Waals surface area contributed by atoms with Gasteiger partial charge in [-0.1, -0.05) is 48.0 Å². The zero-order valence-electron chi connectivity index (χ0n) is 16.2. The Balaban J connectivity index is 1.78. The number of esters is 1. The molecule has 2 amide bonds. The molecule has 2 aromatic carbocycles. The van der Waals surface area contributed by atoms with E-state index < -0.39 is 6.04 Å². The van der Waals surface area contributed by atoms with Gasteiger partial charge in [-0.2, -0.15) is 0 Å². The Kier molecular flexibility index (Phi) is 6.88. The molecule has 0 saturated heterocycles. The number of fused-ring (bicyclic) bond motifs is 1. The summed E-state index contributed by atoms with van der Waals surface area (Å²) in [5.74, 6) is -0.842. The number of hydrogen-bond donors (Lipinski definition) is 1. The molecule has 0 fully saturated rings. The van der Waals surface area contributed by atoms with Gasteiger partial charge in [0.25, 0.3) is 5.91 Å². The lowest BCUT2D eigenvalue weighted by Gasteiger charge is -2.36. The van der Waals surface area contributed by atoms with Crippen molar-refractivity contribution in [2.24, 2.45) is 0 Å². The molecule has 0 bridgehead atoms. The van der Waals surface area contributed by atoms with Gasteiger partial charge in [-0.15, -0.1) is 0 Å². The summed E-state index contributed by atoms with van der Waals surface area (Å²) in [5.41, 5.74) is 2.44. The van der Waals surface area contributed by atoms with Crippen molar-refractivity contribution in [3.63, 3.8) is 0 Å². The topological polar surface area (TPSA) is 75.7 Å². The lowest BCUT2D eigenvalue weighted by molar-refractivity contribution is -0.140. The minimum absolute atomic E-state index is 0.229. The Bertz CT molecular complexity index is 915. The third-order valence-electron chi connectivity index (χ3n) is 5.00. The lowest BCUT2D eigenvalue weighted by Crippen LogP contribution is -2.52. The van der Waals surface area contributed by atoms with E-state index in [9.17, 15) is 14.4 Å². The first-order valence-corrected chi connectivity index (χ1v) is 9.86. The summed E-state index contributed by atoms with van der Waals surface area (Å²) < 4.78 is 4.60. The quantitative estimate of drug-likeness (QED) is 0.582. The van der Waals surface area contributed by atoms with Crippen molar-refractivity contribution >= 4 is 29.4 Å². The first-order valence-electron chi connectivity index (χ1n) is 9.48. The van der Waals surface area contributed by atoms with Crippen molar-refractivity contribution in [1.82, 2.24) is 10.2 Å². The van der Waals surface area contributed by atoms with E-state index in [1.807, 2.05) is 24.3 Å². The molecule has 1 atom stereocenters. The van der Waals surface area contributed by atoms with Crippen LogP contribution in [-0.4, -0.2) is 42.4 Å². The summed E-state index contributed by atoms with van der Waals surface area (Å²) in [5, 5.41) is 3.20. The van der Waals surface area contributed by atoms with Crippen molar-refractivity contribution in [3.8, 4) is 0 Å². The van der Waals surface area contributed by atoms with Gasteiger partial charge in [0.1, 0.15) is 6.04 Å². The predicted molar refractivity (Wildman–Crippen MR) is 110 cm³/mol. The second kappa shape index (κ2) is 9.56. The molecule has 1 unspecified atom stereocenters. The number of halogens is 1. The van der Waals surface area contributed by atoms with Crippen LogP contribution in [0.15, 0.2) is 48.5 Å². The SMILES string of the molecule is COC(=O)CCCNC(=O)C1Cc2ccccc2CN1C(=O)c1ccccc1Cl. The molecular weight excluding hydrogens is 392 g/mol. The number of hydrogen-bond acceptors (Lipinski definition) is 4. The normalized spacial score (nSPS) is 15.4. The number of carbonyl (C=O) groups is 3. The molecule has 1 N–H and O–H groups in total. The fourth-order valence-corrected chi connectivity index (χ4v) is 3.64. The number of rotatable bonds is 6. The molecule has 0 saturated carbocycles. The first-order chi connectivity index (χ1) is 14.0. The van der Waals surface area contributed by atoms with Crippen LogP contribution in [0.25, 0.3) is 0 Å². The maximum atomic E-state index is 13.2. The number of nitrogens with one attached hydrogen (secondary N) is 1. The number of benzene rings is 2. The van der Waals surface area contributed by atoms with Crippen LogP contribution in [0, 0.1) is 0 Å². The average Bonchev–Trinajstić information content (AvgIpc) is 2.75. The molecule has 1 heterocycles. The third-order valence-corrected chi connectivity index (χ3v) is 5.33. The predicted octanol–water partition coefficient (Wildman–Crippen LogP) is 2.98. The molecule has 0 spiro atoms. The zero-order valence-corrected chi connectivity index (χ0v) is 16.9. The van der Waals surface area contributed by atoms with E-state index in [0.29, 0.717) is 36.5 Å². The van der Waals surface area contributed by atoms with Gasteiger partial charge >= 0.3 is 5.97 Å². The summed E-state index contributed by atoms with van der Waals surface area (Å²) >= 11 is 6.22. The summed E-state index contributed by atoms with van der Waals surface area (Å²) in [6.45, 7) is 0.667. The van der Waals surface area contributed by atoms with Crippen LogP contribution in [-0.2, 0) is 27.3 Å². The highest BCUT2D eigenvalue weighted by molar-refractivity contribution is 6.33. The van der Waals surface area contributed by atoms with E-state index in [2.05, 4.69) is 10.1 Å². The van der Waals surface area contributed by atoms with E-state index in [0.717, 1.165) is 11.1 Å². The summed E-state index contributed by atoms with van der Waals surface area (Å²) in [7, 11) is 1.33. The molecule has 29 heavy (non-hydrogen) atoms. The molecule has 6 nitrogen and oxygen atoms in total.